The summed E-state index contributed by atoms with van der Waals surface area (Å²) in [5.74, 6) is 0.589. The summed E-state index contributed by atoms with van der Waals surface area (Å²) in [6.45, 7) is 0. The Kier molecular flexibility index (Phi) is 2.81. The van der Waals surface area contributed by atoms with Crippen LogP contribution >= 0.6 is 0 Å². The lowest BCUT2D eigenvalue weighted by Crippen LogP contribution is -2.17. The molecule has 1 aromatic carbocycles. The van der Waals surface area contributed by atoms with E-state index in [1.807, 2.05) is 12.3 Å². The van der Waals surface area contributed by atoms with Crippen LogP contribution in [0.15, 0.2) is 36.5 Å². The standard InChI is InChI=1S/C15H17NO/c17-12-7-5-11(6-8-12)13-9-10-16-15-4-2-1-3-14(13)15/h1-4,9-12,17H,5-8H2. The molecule has 1 aliphatic rings. The smallest absolute Gasteiger partial charge is 0.0704 e. The fraction of sp³-hybridized carbons (Fsp3) is 0.400. The Bertz CT molecular complexity index is 510. The number of rotatable bonds is 1. The molecule has 2 nitrogen and oxygen atoms in total. The number of fused-ring (bicyclic) bond motifs is 1. The first kappa shape index (κ1) is 10.7. The van der Waals surface area contributed by atoms with E-state index in [0.29, 0.717) is 5.92 Å². The zero-order chi connectivity index (χ0) is 11.7. The second kappa shape index (κ2) is 4.46. The molecule has 1 fully saturated rings. The van der Waals surface area contributed by atoms with E-state index in [2.05, 4.69) is 29.2 Å². The molecule has 0 spiro atoms. The lowest BCUT2D eigenvalue weighted by atomic mass is 9.82. The number of benzene rings is 1. The van der Waals surface area contributed by atoms with Gasteiger partial charge in [0.25, 0.3) is 0 Å². The molecular weight excluding hydrogens is 210 g/mol. The van der Waals surface area contributed by atoms with Crippen LogP contribution in [0.5, 0.6) is 0 Å². The van der Waals surface area contributed by atoms with E-state index in [-0.39, 0.29) is 6.10 Å². The van der Waals surface area contributed by atoms with Crippen molar-refractivity contribution >= 4 is 10.9 Å². The molecule has 88 valence electrons. The van der Waals surface area contributed by atoms with Crippen molar-refractivity contribution in [2.24, 2.45) is 0 Å². The van der Waals surface area contributed by atoms with Crippen LogP contribution in [0.25, 0.3) is 10.9 Å². The third-order valence-electron chi connectivity index (χ3n) is 3.82. The van der Waals surface area contributed by atoms with Crippen molar-refractivity contribution < 1.29 is 5.11 Å². The molecule has 0 aliphatic heterocycles. The second-order valence-corrected chi connectivity index (χ2v) is 4.92. The average Bonchev–Trinajstić information content (AvgIpc) is 2.39. The number of aliphatic hydroxyl groups is 1. The first-order chi connectivity index (χ1) is 8.34. The fourth-order valence-corrected chi connectivity index (χ4v) is 2.86. The molecule has 1 aliphatic carbocycles. The molecule has 2 heteroatoms. The molecule has 2 aromatic rings. The molecule has 17 heavy (non-hydrogen) atoms. The third-order valence-corrected chi connectivity index (χ3v) is 3.82. The number of nitrogens with zero attached hydrogens (tertiary/aromatic N) is 1. The molecule has 3 rings (SSSR count). The van der Waals surface area contributed by atoms with Gasteiger partial charge in [-0.15, -0.1) is 0 Å². The topological polar surface area (TPSA) is 33.1 Å². The van der Waals surface area contributed by atoms with Gasteiger partial charge in [0.1, 0.15) is 0 Å². The maximum atomic E-state index is 9.57. The Morgan fingerprint density at radius 1 is 1.00 bits per heavy atom. The molecule has 0 radical (unpaired) electrons. The van der Waals surface area contributed by atoms with E-state index in [1.165, 1.54) is 10.9 Å². The van der Waals surface area contributed by atoms with Crippen molar-refractivity contribution in [3.63, 3.8) is 0 Å². The third kappa shape index (κ3) is 2.05. The number of hydrogen-bond donors (Lipinski definition) is 1. The maximum absolute atomic E-state index is 9.57. The molecule has 0 bridgehead atoms. The number of aromatic nitrogens is 1. The van der Waals surface area contributed by atoms with Crippen LogP contribution < -0.4 is 0 Å². The van der Waals surface area contributed by atoms with Crippen molar-refractivity contribution in [2.75, 3.05) is 0 Å². The van der Waals surface area contributed by atoms with Gasteiger partial charge in [0.2, 0.25) is 0 Å². The molecule has 0 amide bonds. The highest BCUT2D eigenvalue weighted by Gasteiger charge is 2.22. The van der Waals surface area contributed by atoms with Gasteiger partial charge in [-0.2, -0.15) is 0 Å². The highest BCUT2D eigenvalue weighted by molar-refractivity contribution is 5.82. The molecule has 1 aromatic heterocycles. The molecule has 0 saturated heterocycles. The zero-order valence-electron chi connectivity index (χ0n) is 9.84. The van der Waals surface area contributed by atoms with E-state index in [9.17, 15) is 5.11 Å². The van der Waals surface area contributed by atoms with Gasteiger partial charge in [0, 0.05) is 11.6 Å². The molecule has 0 atom stereocenters. The number of pyridine rings is 1. The van der Waals surface area contributed by atoms with Gasteiger partial charge in [-0.25, -0.2) is 0 Å². The van der Waals surface area contributed by atoms with E-state index in [4.69, 9.17) is 0 Å². The summed E-state index contributed by atoms with van der Waals surface area (Å²) in [5, 5.41) is 10.8. The van der Waals surface area contributed by atoms with Gasteiger partial charge in [-0.3, -0.25) is 4.98 Å². The molecule has 0 unspecified atom stereocenters. The van der Waals surface area contributed by atoms with Crippen molar-refractivity contribution in [2.45, 2.75) is 37.7 Å². The predicted molar refractivity (Wildman–Crippen MR) is 69.0 cm³/mol. The second-order valence-electron chi connectivity index (χ2n) is 4.92. The van der Waals surface area contributed by atoms with E-state index in [1.54, 1.807) is 0 Å². The SMILES string of the molecule is OC1CCC(c2ccnc3ccccc23)CC1. The average molecular weight is 227 g/mol. The molecule has 1 heterocycles. The quantitative estimate of drug-likeness (QED) is 0.811. The Hall–Kier alpha value is -1.41. The van der Waals surface area contributed by atoms with Crippen LogP contribution in [0.1, 0.15) is 37.2 Å². The van der Waals surface area contributed by atoms with Gasteiger partial charge in [0.05, 0.1) is 11.6 Å². The Balaban J connectivity index is 2.00. The summed E-state index contributed by atoms with van der Waals surface area (Å²) in [4.78, 5) is 4.40. The first-order valence-electron chi connectivity index (χ1n) is 6.36. The highest BCUT2D eigenvalue weighted by atomic mass is 16.3. The summed E-state index contributed by atoms with van der Waals surface area (Å²) < 4.78 is 0. The maximum Gasteiger partial charge on any atom is 0.0704 e. The Labute approximate surface area is 101 Å². The van der Waals surface area contributed by atoms with Crippen LogP contribution in [0, 0.1) is 0 Å². The Morgan fingerprint density at radius 3 is 2.59 bits per heavy atom. The van der Waals surface area contributed by atoms with Crippen LogP contribution in [-0.4, -0.2) is 16.2 Å². The highest BCUT2D eigenvalue weighted by Crippen LogP contribution is 2.35. The van der Waals surface area contributed by atoms with Crippen molar-refractivity contribution in [3.05, 3.63) is 42.1 Å². The van der Waals surface area contributed by atoms with Crippen molar-refractivity contribution in [1.82, 2.24) is 4.98 Å². The Morgan fingerprint density at radius 2 is 1.76 bits per heavy atom. The molecule has 1 saturated carbocycles. The summed E-state index contributed by atoms with van der Waals surface area (Å²) in [6, 6.07) is 10.5. The predicted octanol–water partition coefficient (Wildman–Crippen LogP) is 3.25. The largest absolute Gasteiger partial charge is 0.393 e. The van der Waals surface area contributed by atoms with Gasteiger partial charge in [-0.05, 0) is 49.3 Å². The van der Waals surface area contributed by atoms with Crippen LogP contribution in [0.3, 0.4) is 0 Å². The van der Waals surface area contributed by atoms with Gasteiger partial charge >= 0.3 is 0 Å². The normalized spacial score (nSPS) is 25.0. The number of aliphatic hydroxyl groups excluding tert-OH is 1. The molecule has 1 N–H and O–H groups in total. The first-order valence-corrected chi connectivity index (χ1v) is 6.36. The zero-order valence-corrected chi connectivity index (χ0v) is 9.84. The fourth-order valence-electron chi connectivity index (χ4n) is 2.86. The summed E-state index contributed by atoms with van der Waals surface area (Å²) in [6.07, 6.45) is 5.87. The van der Waals surface area contributed by atoms with E-state index >= 15 is 0 Å². The van der Waals surface area contributed by atoms with Crippen LogP contribution in [0.4, 0.5) is 0 Å². The number of hydrogen-bond acceptors (Lipinski definition) is 2. The van der Waals surface area contributed by atoms with Gasteiger partial charge < -0.3 is 5.11 Å². The minimum Gasteiger partial charge on any atom is -0.393 e. The van der Waals surface area contributed by atoms with Gasteiger partial charge in [-0.1, -0.05) is 18.2 Å². The van der Waals surface area contributed by atoms with Crippen molar-refractivity contribution in [3.8, 4) is 0 Å². The lowest BCUT2D eigenvalue weighted by molar-refractivity contribution is 0.123. The summed E-state index contributed by atoms with van der Waals surface area (Å²) in [5.41, 5.74) is 2.48. The summed E-state index contributed by atoms with van der Waals surface area (Å²) in [7, 11) is 0. The summed E-state index contributed by atoms with van der Waals surface area (Å²) >= 11 is 0. The van der Waals surface area contributed by atoms with Gasteiger partial charge in [0.15, 0.2) is 0 Å². The lowest BCUT2D eigenvalue weighted by Gasteiger charge is -2.26. The van der Waals surface area contributed by atoms with Crippen LogP contribution in [-0.2, 0) is 0 Å². The minimum atomic E-state index is -0.0839. The van der Waals surface area contributed by atoms with E-state index in [0.717, 1.165) is 31.2 Å². The van der Waals surface area contributed by atoms with Crippen molar-refractivity contribution in [1.29, 1.82) is 0 Å². The monoisotopic (exact) mass is 227 g/mol. The minimum absolute atomic E-state index is 0.0839. The van der Waals surface area contributed by atoms with E-state index < -0.39 is 0 Å². The van der Waals surface area contributed by atoms with Crippen LogP contribution in [0.2, 0.25) is 0 Å². The number of para-hydroxylation sites is 1. The molecular formula is C15H17NO.